The van der Waals surface area contributed by atoms with E-state index in [1.807, 2.05) is 55.5 Å². The topological polar surface area (TPSA) is 73.9 Å². The first-order chi connectivity index (χ1) is 16.8. The molecule has 184 valence electrons. The molecule has 0 bridgehead atoms. The number of carbonyl (C=O) groups is 2. The minimum Gasteiger partial charge on any atom is -0.493 e. The van der Waals surface area contributed by atoms with E-state index >= 15 is 0 Å². The quantitative estimate of drug-likeness (QED) is 0.255. The van der Waals surface area contributed by atoms with E-state index in [0.29, 0.717) is 34.6 Å². The molecule has 0 unspecified atom stereocenters. The van der Waals surface area contributed by atoms with E-state index in [9.17, 15) is 9.59 Å². The highest BCUT2D eigenvalue weighted by Crippen LogP contribution is 2.40. The standard InChI is InChI=1S/C28H31NO5S/c1-18(2)15-16-34-22-13-11-20(17-23(22)32-4)12-14-24(30)29-27-26(28(31)33-5)25(19(3)35-27)21-9-7-6-8-10-21/h6-14,17-18H,15-16H2,1-5H3,(H,29,30). The summed E-state index contributed by atoms with van der Waals surface area (Å²) in [6.45, 7) is 6.82. The fourth-order valence-corrected chi connectivity index (χ4v) is 4.59. The van der Waals surface area contributed by atoms with Crippen LogP contribution in [0.4, 0.5) is 5.00 Å². The fourth-order valence-electron chi connectivity index (χ4n) is 3.52. The van der Waals surface area contributed by atoms with Crippen molar-refractivity contribution in [2.45, 2.75) is 27.2 Å². The maximum atomic E-state index is 12.7. The molecule has 1 aromatic heterocycles. The highest BCUT2D eigenvalue weighted by molar-refractivity contribution is 7.17. The second-order valence-electron chi connectivity index (χ2n) is 8.36. The molecule has 0 saturated heterocycles. The Bertz CT molecular complexity index is 1200. The number of esters is 1. The van der Waals surface area contributed by atoms with Crippen LogP contribution in [0, 0.1) is 12.8 Å². The lowest BCUT2D eigenvalue weighted by atomic mass is 10.0. The van der Waals surface area contributed by atoms with Gasteiger partial charge in [0.2, 0.25) is 5.91 Å². The van der Waals surface area contributed by atoms with Crippen LogP contribution in [-0.2, 0) is 9.53 Å². The van der Waals surface area contributed by atoms with Crippen molar-refractivity contribution in [3.05, 3.63) is 70.6 Å². The minimum absolute atomic E-state index is 0.354. The molecule has 0 atom stereocenters. The lowest BCUT2D eigenvalue weighted by Gasteiger charge is -2.12. The molecule has 35 heavy (non-hydrogen) atoms. The minimum atomic E-state index is -0.495. The summed E-state index contributed by atoms with van der Waals surface area (Å²) in [5, 5.41) is 3.29. The predicted molar refractivity (Wildman–Crippen MR) is 141 cm³/mol. The van der Waals surface area contributed by atoms with E-state index in [1.165, 1.54) is 24.5 Å². The number of ether oxygens (including phenoxy) is 3. The molecule has 2 aromatic carbocycles. The number of carbonyl (C=O) groups excluding carboxylic acids is 2. The number of amides is 1. The summed E-state index contributed by atoms with van der Waals surface area (Å²) in [6, 6.07) is 15.1. The molecule has 0 spiro atoms. The Balaban J connectivity index is 1.78. The second kappa shape index (κ2) is 12.2. The van der Waals surface area contributed by atoms with Gasteiger partial charge in [0.1, 0.15) is 10.6 Å². The number of methoxy groups -OCH3 is 2. The van der Waals surface area contributed by atoms with Gasteiger partial charge in [-0.1, -0.05) is 50.2 Å². The van der Waals surface area contributed by atoms with Gasteiger partial charge in [0.05, 0.1) is 20.8 Å². The number of anilines is 1. The summed E-state index contributed by atoms with van der Waals surface area (Å²) in [5.74, 6) is 0.973. The van der Waals surface area contributed by atoms with Gasteiger partial charge >= 0.3 is 5.97 Å². The van der Waals surface area contributed by atoms with Crippen molar-refractivity contribution in [1.29, 1.82) is 0 Å². The van der Waals surface area contributed by atoms with E-state index in [2.05, 4.69) is 19.2 Å². The summed E-state index contributed by atoms with van der Waals surface area (Å²) in [4.78, 5) is 26.3. The third-order valence-electron chi connectivity index (χ3n) is 5.34. The Labute approximate surface area is 210 Å². The van der Waals surface area contributed by atoms with E-state index in [-0.39, 0.29) is 5.91 Å². The zero-order chi connectivity index (χ0) is 25.4. The van der Waals surface area contributed by atoms with Crippen molar-refractivity contribution in [1.82, 2.24) is 0 Å². The zero-order valence-electron chi connectivity index (χ0n) is 20.7. The first-order valence-corrected chi connectivity index (χ1v) is 12.2. The molecule has 0 aliphatic carbocycles. The molecular formula is C28H31NO5S. The third kappa shape index (κ3) is 6.73. The molecule has 3 aromatic rings. The number of rotatable bonds is 10. The molecule has 0 radical (unpaired) electrons. The van der Waals surface area contributed by atoms with Gasteiger partial charge in [-0.25, -0.2) is 4.79 Å². The normalized spacial score (nSPS) is 11.0. The molecule has 0 aliphatic heterocycles. The first kappa shape index (κ1) is 26.0. The number of nitrogens with one attached hydrogen (secondary N) is 1. The molecule has 0 saturated carbocycles. The highest BCUT2D eigenvalue weighted by Gasteiger charge is 2.24. The molecule has 1 N–H and O–H groups in total. The van der Waals surface area contributed by atoms with Crippen LogP contribution < -0.4 is 14.8 Å². The van der Waals surface area contributed by atoms with Crippen molar-refractivity contribution in [3.8, 4) is 22.6 Å². The number of hydrogen-bond acceptors (Lipinski definition) is 6. The van der Waals surface area contributed by atoms with Crippen LogP contribution in [-0.4, -0.2) is 32.7 Å². The molecule has 1 heterocycles. The Hall–Kier alpha value is -3.58. The van der Waals surface area contributed by atoms with Crippen molar-refractivity contribution in [2.75, 3.05) is 26.1 Å². The van der Waals surface area contributed by atoms with Crippen LogP contribution in [0.1, 0.15) is 41.1 Å². The third-order valence-corrected chi connectivity index (χ3v) is 6.36. The summed E-state index contributed by atoms with van der Waals surface area (Å²) < 4.78 is 16.3. The SMILES string of the molecule is COC(=O)c1c(NC(=O)C=Cc2ccc(OCCC(C)C)c(OC)c2)sc(C)c1-c1ccccc1. The molecule has 0 fully saturated rings. The molecule has 3 rings (SSSR count). The number of benzene rings is 2. The predicted octanol–water partition coefficient (Wildman–Crippen LogP) is 6.60. The fraction of sp³-hybridized carbons (Fsp3) is 0.286. The monoisotopic (exact) mass is 493 g/mol. The number of hydrogen-bond donors (Lipinski definition) is 1. The summed E-state index contributed by atoms with van der Waals surface area (Å²) in [7, 11) is 2.92. The maximum Gasteiger partial charge on any atom is 0.341 e. The molecule has 7 heteroatoms. The Kier molecular flexibility index (Phi) is 9.09. The van der Waals surface area contributed by atoms with Crippen molar-refractivity contribution < 1.29 is 23.8 Å². The largest absolute Gasteiger partial charge is 0.493 e. The van der Waals surface area contributed by atoms with E-state index < -0.39 is 5.97 Å². The zero-order valence-corrected chi connectivity index (χ0v) is 21.5. The molecule has 6 nitrogen and oxygen atoms in total. The summed E-state index contributed by atoms with van der Waals surface area (Å²) in [6.07, 6.45) is 4.06. The summed E-state index contributed by atoms with van der Waals surface area (Å²) >= 11 is 1.34. The van der Waals surface area contributed by atoms with Gasteiger partial charge in [0.25, 0.3) is 0 Å². The second-order valence-corrected chi connectivity index (χ2v) is 9.58. The van der Waals surface area contributed by atoms with E-state index in [1.54, 1.807) is 13.2 Å². The molecule has 1 amide bonds. The lowest BCUT2D eigenvalue weighted by Crippen LogP contribution is -2.11. The van der Waals surface area contributed by atoms with Crippen molar-refractivity contribution >= 4 is 34.3 Å². The highest BCUT2D eigenvalue weighted by atomic mass is 32.1. The van der Waals surface area contributed by atoms with Crippen LogP contribution in [0.5, 0.6) is 11.5 Å². The lowest BCUT2D eigenvalue weighted by molar-refractivity contribution is -0.111. The van der Waals surface area contributed by atoms with Gasteiger partial charge in [-0.15, -0.1) is 11.3 Å². The summed E-state index contributed by atoms with van der Waals surface area (Å²) in [5.41, 5.74) is 2.79. The average Bonchev–Trinajstić information content (AvgIpc) is 3.18. The van der Waals surface area contributed by atoms with Crippen LogP contribution >= 0.6 is 11.3 Å². The van der Waals surface area contributed by atoms with Gasteiger partial charge in [-0.2, -0.15) is 0 Å². The van der Waals surface area contributed by atoms with E-state index in [4.69, 9.17) is 14.2 Å². The van der Waals surface area contributed by atoms with Crippen molar-refractivity contribution in [3.63, 3.8) is 0 Å². The Morgan fingerprint density at radius 1 is 1.06 bits per heavy atom. The Morgan fingerprint density at radius 2 is 1.80 bits per heavy atom. The first-order valence-electron chi connectivity index (χ1n) is 11.4. The van der Waals surface area contributed by atoms with Gasteiger partial charge < -0.3 is 19.5 Å². The van der Waals surface area contributed by atoms with Crippen LogP contribution in [0.3, 0.4) is 0 Å². The number of aryl methyl sites for hydroxylation is 1. The smallest absolute Gasteiger partial charge is 0.341 e. The van der Waals surface area contributed by atoms with E-state index in [0.717, 1.165) is 28.0 Å². The van der Waals surface area contributed by atoms with Crippen LogP contribution in [0.25, 0.3) is 17.2 Å². The number of thiophene rings is 1. The van der Waals surface area contributed by atoms with Crippen LogP contribution in [0.15, 0.2) is 54.6 Å². The van der Waals surface area contributed by atoms with Crippen LogP contribution in [0.2, 0.25) is 0 Å². The maximum absolute atomic E-state index is 12.7. The van der Waals surface area contributed by atoms with Gasteiger partial charge in [-0.3, -0.25) is 4.79 Å². The molecular weight excluding hydrogens is 462 g/mol. The average molecular weight is 494 g/mol. The Morgan fingerprint density at radius 3 is 2.46 bits per heavy atom. The van der Waals surface area contributed by atoms with Crippen molar-refractivity contribution in [2.24, 2.45) is 5.92 Å². The van der Waals surface area contributed by atoms with Gasteiger partial charge in [-0.05, 0) is 48.6 Å². The molecule has 0 aliphatic rings. The van der Waals surface area contributed by atoms with Gasteiger partial charge in [0.15, 0.2) is 11.5 Å². The van der Waals surface area contributed by atoms with Gasteiger partial charge in [0, 0.05) is 16.5 Å².